The number of halogens is 3. The molecule has 15 rings (SSSR count). The molecule has 5 saturated carbocycles. The fourth-order valence-corrected chi connectivity index (χ4v) is 24.7. The molecule has 1 aromatic heterocycles. The first kappa shape index (κ1) is 127. The maximum Gasteiger partial charge on any atom is 0.343 e. The first-order chi connectivity index (χ1) is 66.2. The molecule has 0 saturated heterocycles. The van der Waals surface area contributed by atoms with E-state index >= 15 is 0 Å². The Morgan fingerprint density at radius 2 is 1.26 bits per heavy atom. The number of alkyl halides is 3. The predicted molar refractivity (Wildman–Crippen MR) is 564 cm³/mol. The molecule has 27 heteroatoms. The number of nitrogens with zero attached hydrogens (tertiary/aromatic N) is 2. The number of thiazole rings is 1. The third kappa shape index (κ3) is 38.7. The van der Waals surface area contributed by atoms with Crippen molar-refractivity contribution in [3.8, 4) is 63.9 Å². The molecule has 1 N–H and O–H groups in total. The van der Waals surface area contributed by atoms with E-state index in [0.717, 1.165) is 84.6 Å². The van der Waals surface area contributed by atoms with Crippen molar-refractivity contribution in [2.75, 3.05) is 66.2 Å². The van der Waals surface area contributed by atoms with Crippen molar-refractivity contribution >= 4 is 97.4 Å². The number of methoxy groups -OCH3 is 2. The number of aliphatic hydroxyl groups excluding tert-OH is 1. The van der Waals surface area contributed by atoms with Crippen LogP contribution in [0.25, 0.3) is 0 Å². The molecule has 5 fully saturated rings. The second-order valence-electron chi connectivity index (χ2n) is 36.8. The summed E-state index contributed by atoms with van der Waals surface area (Å²) in [6, 6.07) is 74.8. The van der Waals surface area contributed by atoms with E-state index in [1.165, 1.54) is 56.5 Å². The number of thioether (sulfide) groups is 1. The van der Waals surface area contributed by atoms with Crippen LogP contribution in [0.3, 0.4) is 0 Å². The average molecular weight is 2580 g/mol. The van der Waals surface area contributed by atoms with Crippen LogP contribution in [0, 0.1) is 149 Å². The topological polar surface area (TPSA) is 210 Å². The molecule has 5 aliphatic rings. The fourth-order valence-electron chi connectivity index (χ4n) is 18.9. The van der Waals surface area contributed by atoms with Gasteiger partial charge in [0.05, 0.1) is 100 Å². The normalized spacial score (nSPS) is 22.7. The smallest absolute Gasteiger partial charge is 0.343 e. The number of carbonyl (C=O) groups is 3. The number of Topliss-reactive ketones (excluding diaryl/α,β-unsaturated/α-hetero) is 2. The van der Waals surface area contributed by atoms with Crippen molar-refractivity contribution < 1.29 is 235 Å². The zero-order valence-corrected chi connectivity index (χ0v) is 105. The number of esters is 1. The number of ketones is 2. The molecule has 8 unspecified atom stereocenters. The minimum atomic E-state index is -0.390. The Balaban J connectivity index is 0.000000271. The van der Waals surface area contributed by atoms with Gasteiger partial charge in [-0.25, -0.2) is 23.2 Å². The van der Waals surface area contributed by atoms with Crippen molar-refractivity contribution in [2.45, 2.75) is 180 Å². The van der Waals surface area contributed by atoms with Crippen LogP contribution in [0.15, 0.2) is 222 Å². The van der Waals surface area contributed by atoms with Crippen LogP contribution in [0.1, 0.15) is 152 Å². The molecule has 0 aliphatic heterocycles. The van der Waals surface area contributed by atoms with Gasteiger partial charge in [0.2, 0.25) is 0 Å². The Morgan fingerprint density at radius 1 is 0.627 bits per heavy atom. The van der Waals surface area contributed by atoms with Gasteiger partial charge in [-0.05, 0) is 231 Å². The molecular weight excluding hydrogens is 2450 g/mol. The van der Waals surface area contributed by atoms with E-state index < -0.39 is 5.97 Å². The summed E-state index contributed by atoms with van der Waals surface area (Å²) in [4.78, 5) is 41.6. The van der Waals surface area contributed by atoms with Gasteiger partial charge >= 0.3 is 5.97 Å². The van der Waals surface area contributed by atoms with Crippen molar-refractivity contribution in [1.82, 2.24) is 4.98 Å². The van der Waals surface area contributed by atoms with Gasteiger partial charge in [-0.15, -0.1) is 23.7 Å². The van der Waals surface area contributed by atoms with Gasteiger partial charge in [-0.1, -0.05) is 193 Å². The number of carbonyl (C=O) groups excluding carboxylic acids is 3. The van der Waals surface area contributed by atoms with Gasteiger partial charge in [0, 0.05) is 251 Å². The Hall–Kier alpha value is -3.47. The Kier molecular flexibility index (Phi) is 59.5. The quantitative estimate of drug-likeness (QED) is 0.00744. The number of hydrogen-bond acceptors (Lipinski definition) is 19. The Morgan fingerprint density at radius 3 is 1.91 bits per heavy atom. The average Bonchev–Trinajstić information content (AvgIpc) is 1.67. The molecule has 0 spiro atoms. The summed E-state index contributed by atoms with van der Waals surface area (Å²) in [5, 5.41) is 21.7. The van der Waals surface area contributed by atoms with Crippen molar-refractivity contribution in [1.29, 1.82) is 5.26 Å². The first-order valence-electron chi connectivity index (χ1n) is 47.4. The summed E-state index contributed by atoms with van der Waals surface area (Å²) < 4.78 is 64.9. The molecule has 142 heavy (non-hydrogen) atoms. The van der Waals surface area contributed by atoms with Crippen LogP contribution in [0.2, 0.25) is 0 Å². The zero-order valence-electron chi connectivity index (χ0n) is 83.6. The minimum Gasteiger partial charge on any atom is -0.665 e. The number of benzene rings is 9. The first-order valence-corrected chi connectivity index (χ1v) is 52.2. The van der Waals surface area contributed by atoms with Crippen molar-refractivity contribution in [3.05, 3.63) is 307 Å². The second kappa shape index (κ2) is 66.4. The number of ether oxygens (including phenoxy) is 11. The summed E-state index contributed by atoms with van der Waals surface area (Å²) in [7, 11) is 10.1. The van der Waals surface area contributed by atoms with E-state index in [2.05, 4.69) is 223 Å². The third-order valence-corrected chi connectivity index (χ3v) is 32.2. The van der Waals surface area contributed by atoms with Crippen molar-refractivity contribution in [3.63, 3.8) is 0 Å². The zero-order chi connectivity index (χ0) is 97.9. The number of nitriles is 1. The monoisotopic (exact) mass is 2580 g/mol. The predicted octanol–water partition coefficient (Wildman–Crippen LogP) is 25.2. The van der Waals surface area contributed by atoms with Gasteiger partial charge in [-0.3, -0.25) is 9.59 Å². The Labute approximate surface area is 1010 Å². The molecule has 17 nitrogen and oxygen atoms in total. The van der Waals surface area contributed by atoms with E-state index in [-0.39, 0.29) is 264 Å². The number of aromatic nitrogens is 1. The number of rotatable bonds is 35. The molecule has 745 valence electrons. The van der Waals surface area contributed by atoms with Gasteiger partial charge in [-0.2, -0.15) is 66.4 Å². The standard InChI is InChI=1S/C29H31O5.C24H29I2O.C22H26ClO2.C21H27O4.C19H19N2O3S2.5Y/c1-3-32-28-16-15-23(17-21-9-7-12-24(18-21)31-2)27(28)20-33-25-13-8-14-26(19-25)34-29(30)22-10-5-4-6-11-22;1-5-16-9-11-17(12-10-16)23-20(21(25)14-22(23)26)15-27-19-8-6-7-18(13-19)24(2,3)4;1-15-7-6-10-22(16(15)2)25-14-19-18(21(24)13-20(19)23)12-11-17-8-4-3-5-9-17;1-14-9-10-17(12-15(14)2)25-13-19-18(8-6-7-11-23-4)21(24-5)16(3)20(19)22;1-23-14-3-2-4-15(10-14)24-12-17-16(13(11-20)9-18(17)22)5-7-25-19-21-6-8-26-19;;;;;/h4-14,18-19,23,27-28H,2-3,15-17,20H2,1H3;6-13,20-23H,1,5,14-15H2,2-4H3;4-10,18-21,24H,11-14H2,1-2H3;9-10,12,16,18-19,21H,4,8,11,13H2,1-3,5H3;2-4,8,10,13,16-17H,5,7,9,12H2,1H3;;;;;/q5*-1;;;;;/t23-,27-,28?;20-,21?,22?,23+;18-,19-,20?,21?;16?,18-,19-,21?;13?,16-,17+;;;;;/m10110...../s1. The number of hydrogen-bond donors (Lipinski definition) is 1. The van der Waals surface area contributed by atoms with E-state index in [4.69, 9.17) is 63.7 Å². The van der Waals surface area contributed by atoms with Gasteiger partial charge in [0.1, 0.15) is 51.8 Å². The molecule has 5 radical (unpaired) electrons. The third-order valence-electron chi connectivity index (χ3n) is 27.0. The van der Waals surface area contributed by atoms with E-state index in [1.54, 1.807) is 67.7 Å². The van der Waals surface area contributed by atoms with Gasteiger partial charge < -0.3 is 69.1 Å². The minimum absolute atomic E-state index is 0. The fraction of sp³-hybridized carbons (Fsp3) is 0.426. The molecule has 1 heterocycles. The van der Waals surface area contributed by atoms with Crippen LogP contribution in [-0.2, 0) is 212 Å². The largest absolute Gasteiger partial charge is 0.665 e. The molecule has 0 bridgehead atoms. The maximum atomic E-state index is 12.7. The molecular formula is C115H132ClI2N2O15S2Y5-5. The van der Waals surface area contributed by atoms with E-state index in [0.29, 0.717) is 106 Å². The van der Waals surface area contributed by atoms with Crippen LogP contribution in [-0.4, -0.2) is 125 Å². The van der Waals surface area contributed by atoms with E-state index in [9.17, 15) is 24.8 Å². The van der Waals surface area contributed by atoms with Gasteiger partial charge in [0.15, 0.2) is 0 Å². The Bertz CT molecular complexity index is 5530. The SMILES string of the molecule is COc1cccc(OC[C@H]2C(=O)CC(C#N)[C@@H]2CCSc2n[c-]cs2)c1.Cc1cccc(OC[C@H]2C(Cl)CC(O)[C@@H]2CCc2cc[c-]cc2)c1C.[CH2-]Cc1ccc([C@H]2C(I)CC(I)[C@@H]2COc2cccc(C(C)(C)C)c2)cc1.[CH2-]OCC#CC[C@H]1C(OC)C(C)C(=O)[C@@H]1COc1ccc(C)c(C)c1.[CH2-]Oc1cccc(C[C@H]2CCC(OCC)[C@@H]2COc2cccc(OC(=O)c3ccccc3)c2)c1.[Y].[Y].[Y].[Y].[Y]. The van der Waals surface area contributed by atoms with Crippen LogP contribution < -0.4 is 37.9 Å². The van der Waals surface area contributed by atoms with Crippen LogP contribution in [0.4, 0.5) is 0 Å². The maximum absolute atomic E-state index is 12.7. The molecule has 18 atom stereocenters. The van der Waals surface area contributed by atoms with Crippen LogP contribution in [0.5, 0.6) is 46.0 Å². The summed E-state index contributed by atoms with van der Waals surface area (Å²) in [6.45, 7) is 26.5. The second-order valence-corrected chi connectivity index (χ2v) is 42.8. The summed E-state index contributed by atoms with van der Waals surface area (Å²) >= 11 is 15.0. The summed E-state index contributed by atoms with van der Waals surface area (Å²) in [5.41, 5.74) is 12.0. The molecule has 10 aromatic rings. The van der Waals surface area contributed by atoms with Gasteiger partial charge in [0.25, 0.3) is 0 Å². The summed E-state index contributed by atoms with van der Waals surface area (Å²) in [5.74, 6) is 14.1. The molecule has 0 amide bonds. The van der Waals surface area contributed by atoms with E-state index in [1.807, 2.05) is 128 Å². The molecule has 9 aromatic carbocycles. The number of aryl methyl sites for hydroxylation is 4. The summed E-state index contributed by atoms with van der Waals surface area (Å²) in [6.07, 6.45) is 11.9. The van der Waals surface area contributed by atoms with Crippen molar-refractivity contribution in [2.24, 2.45) is 65.1 Å². The van der Waals surface area contributed by atoms with Crippen LogP contribution >= 0.6 is 79.9 Å². The number of aliphatic hydroxyl groups is 1. The molecule has 5 aliphatic carbocycles.